The zero-order valence-corrected chi connectivity index (χ0v) is 17.4. The van der Waals surface area contributed by atoms with Gasteiger partial charge in [-0.05, 0) is 75.7 Å². The Balaban J connectivity index is 1.34. The van der Waals surface area contributed by atoms with Gasteiger partial charge in [-0.25, -0.2) is 0 Å². The second kappa shape index (κ2) is 8.82. The fourth-order valence-corrected chi connectivity index (χ4v) is 5.70. The van der Waals surface area contributed by atoms with Crippen LogP contribution < -0.4 is 0 Å². The van der Waals surface area contributed by atoms with E-state index in [1.165, 1.54) is 56.1 Å². The number of rotatable bonds is 6. The molecule has 152 valence electrons. The average molecular weight is 382 g/mol. The van der Waals surface area contributed by atoms with Crippen LogP contribution in [0.2, 0.25) is 0 Å². The van der Waals surface area contributed by atoms with E-state index in [1.807, 2.05) is 6.92 Å². The molecular weight excluding hydrogens is 346 g/mol. The number of carbonyl (C=O) groups is 1. The molecule has 2 aliphatic carbocycles. The number of ether oxygens (including phenoxy) is 1. The van der Waals surface area contributed by atoms with Crippen LogP contribution in [0.5, 0.6) is 0 Å². The number of fused-ring (bicyclic) bond motifs is 2. The molecule has 1 saturated carbocycles. The van der Waals surface area contributed by atoms with Crippen molar-refractivity contribution in [2.45, 2.75) is 63.7 Å². The van der Waals surface area contributed by atoms with Crippen LogP contribution in [0.15, 0.2) is 30.3 Å². The van der Waals surface area contributed by atoms with Gasteiger partial charge in [0, 0.05) is 5.41 Å². The van der Waals surface area contributed by atoms with Gasteiger partial charge in [0.1, 0.15) is 0 Å². The van der Waals surface area contributed by atoms with Crippen LogP contribution in [-0.4, -0.2) is 37.1 Å². The van der Waals surface area contributed by atoms with Gasteiger partial charge in [0.05, 0.1) is 12.5 Å². The van der Waals surface area contributed by atoms with E-state index < -0.39 is 0 Å². The summed E-state index contributed by atoms with van der Waals surface area (Å²) in [7, 11) is 0. The van der Waals surface area contributed by atoms with Crippen molar-refractivity contribution in [1.82, 2.24) is 4.90 Å². The van der Waals surface area contributed by atoms with Crippen molar-refractivity contribution in [3.05, 3.63) is 41.5 Å². The molecule has 3 nitrogen and oxygen atoms in total. The summed E-state index contributed by atoms with van der Waals surface area (Å²) in [5.74, 6) is 0.687. The van der Waals surface area contributed by atoms with E-state index in [0.29, 0.717) is 12.5 Å². The predicted octanol–water partition coefficient (Wildman–Crippen LogP) is 5.20. The van der Waals surface area contributed by atoms with Crippen LogP contribution in [0.3, 0.4) is 0 Å². The molecule has 0 aromatic heterocycles. The fourth-order valence-electron chi connectivity index (χ4n) is 5.70. The summed E-state index contributed by atoms with van der Waals surface area (Å²) in [6, 6.07) is 8.86. The van der Waals surface area contributed by atoms with Crippen LogP contribution in [-0.2, 0) is 14.9 Å². The third-order valence-corrected chi connectivity index (χ3v) is 7.39. The summed E-state index contributed by atoms with van der Waals surface area (Å²) in [5, 5.41) is 0. The third-order valence-electron chi connectivity index (χ3n) is 7.39. The molecule has 1 aliphatic heterocycles. The molecule has 1 saturated heterocycles. The van der Waals surface area contributed by atoms with Crippen LogP contribution >= 0.6 is 0 Å². The highest BCUT2D eigenvalue weighted by molar-refractivity contribution is 5.72. The van der Waals surface area contributed by atoms with Gasteiger partial charge in [0.2, 0.25) is 0 Å². The Kier molecular flexibility index (Phi) is 6.20. The maximum atomic E-state index is 12.6. The Morgan fingerprint density at radius 3 is 2.68 bits per heavy atom. The quantitative estimate of drug-likeness (QED) is 0.635. The SMILES string of the molecule is CCOC(=O)C(CCN1CCC2(C=Cc3ccccc32)CC1)C1CCCCC1. The van der Waals surface area contributed by atoms with Crippen molar-refractivity contribution in [3.63, 3.8) is 0 Å². The molecule has 1 aromatic rings. The van der Waals surface area contributed by atoms with E-state index in [-0.39, 0.29) is 17.3 Å². The monoisotopic (exact) mass is 381 g/mol. The number of benzene rings is 1. The van der Waals surface area contributed by atoms with Gasteiger partial charge < -0.3 is 9.64 Å². The zero-order valence-electron chi connectivity index (χ0n) is 17.4. The number of piperidine rings is 1. The van der Waals surface area contributed by atoms with E-state index in [1.54, 1.807) is 0 Å². The maximum absolute atomic E-state index is 12.6. The molecule has 1 aromatic carbocycles. The van der Waals surface area contributed by atoms with Gasteiger partial charge in [-0.1, -0.05) is 55.7 Å². The minimum atomic E-state index is 0.0514. The van der Waals surface area contributed by atoms with Crippen molar-refractivity contribution in [2.75, 3.05) is 26.2 Å². The molecule has 1 spiro atoms. The number of allylic oxidation sites excluding steroid dienone is 1. The smallest absolute Gasteiger partial charge is 0.309 e. The Morgan fingerprint density at radius 2 is 1.93 bits per heavy atom. The minimum absolute atomic E-state index is 0.0514. The van der Waals surface area contributed by atoms with E-state index in [9.17, 15) is 4.79 Å². The molecule has 1 heterocycles. The van der Waals surface area contributed by atoms with Gasteiger partial charge in [-0.2, -0.15) is 0 Å². The first-order valence-corrected chi connectivity index (χ1v) is 11.4. The number of hydrogen-bond acceptors (Lipinski definition) is 3. The lowest BCUT2D eigenvalue weighted by Gasteiger charge is -2.40. The van der Waals surface area contributed by atoms with Crippen LogP contribution in [0, 0.1) is 11.8 Å². The molecule has 0 amide bonds. The molecule has 0 N–H and O–H groups in total. The average Bonchev–Trinajstić information content (AvgIpc) is 3.09. The molecule has 3 aliphatic rings. The number of likely N-dealkylation sites (tertiary alicyclic amines) is 1. The Bertz CT molecular complexity index is 696. The molecule has 2 fully saturated rings. The predicted molar refractivity (Wildman–Crippen MR) is 114 cm³/mol. The van der Waals surface area contributed by atoms with Crippen molar-refractivity contribution >= 4 is 12.0 Å². The van der Waals surface area contributed by atoms with Crippen LogP contribution in [0.1, 0.15) is 69.4 Å². The second-order valence-electron chi connectivity index (χ2n) is 8.96. The molecule has 0 radical (unpaired) electrons. The lowest BCUT2D eigenvalue weighted by atomic mass is 9.74. The van der Waals surface area contributed by atoms with Crippen LogP contribution in [0.4, 0.5) is 0 Å². The standard InChI is InChI=1S/C25H35NO2/c1-2-28-24(27)22(20-8-4-3-5-9-20)13-17-26-18-15-25(16-19-26)14-12-21-10-6-7-11-23(21)25/h6-7,10-12,14,20,22H,2-5,8-9,13,15-19H2,1H3. The lowest BCUT2D eigenvalue weighted by molar-refractivity contribution is -0.151. The van der Waals surface area contributed by atoms with Gasteiger partial charge in [-0.15, -0.1) is 0 Å². The first-order chi connectivity index (χ1) is 13.7. The number of nitrogens with zero attached hydrogens (tertiary/aromatic N) is 1. The highest BCUT2D eigenvalue weighted by atomic mass is 16.5. The van der Waals surface area contributed by atoms with Gasteiger partial charge in [-0.3, -0.25) is 4.79 Å². The normalized spacial score (nSPS) is 22.9. The number of hydrogen-bond donors (Lipinski definition) is 0. The van der Waals surface area contributed by atoms with E-state index in [0.717, 1.165) is 26.1 Å². The first kappa shape index (κ1) is 19.7. The molecule has 0 bridgehead atoms. The molecule has 28 heavy (non-hydrogen) atoms. The summed E-state index contributed by atoms with van der Waals surface area (Å²) in [6.45, 7) is 5.70. The number of carbonyl (C=O) groups excluding carboxylic acids is 1. The van der Waals surface area contributed by atoms with Crippen molar-refractivity contribution in [1.29, 1.82) is 0 Å². The number of esters is 1. The summed E-state index contributed by atoms with van der Waals surface area (Å²) in [5.41, 5.74) is 3.16. The zero-order chi connectivity index (χ0) is 19.4. The maximum Gasteiger partial charge on any atom is 0.309 e. The van der Waals surface area contributed by atoms with Crippen LogP contribution in [0.25, 0.3) is 6.08 Å². The molecule has 1 atom stereocenters. The molecule has 3 heteroatoms. The molecule has 1 unspecified atom stereocenters. The van der Waals surface area contributed by atoms with E-state index in [2.05, 4.69) is 41.3 Å². The summed E-state index contributed by atoms with van der Waals surface area (Å²) >= 11 is 0. The highest BCUT2D eigenvalue weighted by Crippen LogP contribution is 2.43. The van der Waals surface area contributed by atoms with Crippen molar-refractivity contribution < 1.29 is 9.53 Å². The molecule has 4 rings (SSSR count). The van der Waals surface area contributed by atoms with Gasteiger partial charge in [0.25, 0.3) is 0 Å². The fraction of sp³-hybridized carbons (Fsp3) is 0.640. The van der Waals surface area contributed by atoms with Gasteiger partial charge >= 0.3 is 5.97 Å². The Labute approximate surface area is 170 Å². The first-order valence-electron chi connectivity index (χ1n) is 11.4. The minimum Gasteiger partial charge on any atom is -0.466 e. The summed E-state index contributed by atoms with van der Waals surface area (Å²) < 4.78 is 5.45. The Hall–Kier alpha value is -1.61. The largest absolute Gasteiger partial charge is 0.466 e. The van der Waals surface area contributed by atoms with E-state index in [4.69, 9.17) is 4.74 Å². The third kappa shape index (κ3) is 4.05. The topological polar surface area (TPSA) is 29.5 Å². The second-order valence-corrected chi connectivity index (χ2v) is 8.96. The van der Waals surface area contributed by atoms with Gasteiger partial charge in [0.15, 0.2) is 0 Å². The molecular formula is C25H35NO2. The van der Waals surface area contributed by atoms with Crippen molar-refractivity contribution in [2.24, 2.45) is 11.8 Å². The highest BCUT2D eigenvalue weighted by Gasteiger charge is 2.38. The summed E-state index contributed by atoms with van der Waals surface area (Å²) in [6.07, 6.45) is 14.4. The van der Waals surface area contributed by atoms with E-state index >= 15 is 0 Å². The summed E-state index contributed by atoms with van der Waals surface area (Å²) in [4.78, 5) is 15.2. The lowest BCUT2D eigenvalue weighted by Crippen LogP contribution is -2.42. The Morgan fingerprint density at radius 1 is 1.18 bits per heavy atom. The van der Waals surface area contributed by atoms with Crippen molar-refractivity contribution in [3.8, 4) is 0 Å².